The SMILES string of the molecule is COc1ccc(-c2cc(C(=O)Nc3ncco3)ccn2)cc1. The summed E-state index contributed by atoms with van der Waals surface area (Å²) < 4.78 is 10.1. The minimum Gasteiger partial charge on any atom is -0.497 e. The third kappa shape index (κ3) is 2.95. The zero-order chi connectivity index (χ0) is 15.4. The quantitative estimate of drug-likeness (QED) is 0.800. The Morgan fingerprint density at radius 3 is 2.64 bits per heavy atom. The van der Waals surface area contributed by atoms with E-state index in [0.29, 0.717) is 11.3 Å². The molecule has 0 aliphatic carbocycles. The van der Waals surface area contributed by atoms with Crippen molar-refractivity contribution in [3.05, 3.63) is 60.6 Å². The molecule has 1 aromatic carbocycles. The minimum absolute atomic E-state index is 0.160. The number of amides is 1. The number of rotatable bonds is 4. The number of anilines is 1. The van der Waals surface area contributed by atoms with Gasteiger partial charge in [0, 0.05) is 17.3 Å². The van der Waals surface area contributed by atoms with Crippen LogP contribution in [0.4, 0.5) is 6.01 Å². The molecule has 0 aliphatic heterocycles. The van der Waals surface area contributed by atoms with Crippen LogP contribution in [0, 0.1) is 0 Å². The Hall–Kier alpha value is -3.15. The van der Waals surface area contributed by atoms with Gasteiger partial charge in [-0.1, -0.05) is 0 Å². The summed E-state index contributed by atoms with van der Waals surface area (Å²) in [5.41, 5.74) is 2.06. The number of pyridine rings is 1. The number of methoxy groups -OCH3 is 1. The van der Waals surface area contributed by atoms with Gasteiger partial charge >= 0.3 is 6.01 Å². The van der Waals surface area contributed by atoms with E-state index in [1.165, 1.54) is 12.5 Å². The zero-order valence-corrected chi connectivity index (χ0v) is 11.8. The Balaban J connectivity index is 1.83. The van der Waals surface area contributed by atoms with E-state index < -0.39 is 0 Å². The highest BCUT2D eigenvalue weighted by molar-refractivity contribution is 6.03. The molecule has 0 aliphatic rings. The van der Waals surface area contributed by atoms with E-state index in [9.17, 15) is 4.79 Å². The first kappa shape index (κ1) is 13.8. The van der Waals surface area contributed by atoms with Gasteiger partial charge in [-0.05, 0) is 36.4 Å². The normalized spacial score (nSPS) is 10.2. The van der Waals surface area contributed by atoms with Gasteiger partial charge in [0.15, 0.2) is 0 Å². The van der Waals surface area contributed by atoms with Gasteiger partial charge < -0.3 is 9.15 Å². The summed E-state index contributed by atoms with van der Waals surface area (Å²) >= 11 is 0. The van der Waals surface area contributed by atoms with Gasteiger partial charge in [-0.15, -0.1) is 0 Å². The van der Waals surface area contributed by atoms with E-state index in [4.69, 9.17) is 9.15 Å². The number of carbonyl (C=O) groups excluding carboxylic acids is 1. The number of aromatic nitrogens is 2. The van der Waals surface area contributed by atoms with Crippen molar-refractivity contribution in [3.8, 4) is 17.0 Å². The highest BCUT2D eigenvalue weighted by Gasteiger charge is 2.10. The topological polar surface area (TPSA) is 77.2 Å². The summed E-state index contributed by atoms with van der Waals surface area (Å²) in [7, 11) is 1.61. The fourth-order valence-electron chi connectivity index (χ4n) is 1.95. The number of carbonyl (C=O) groups is 1. The van der Waals surface area contributed by atoms with E-state index in [0.717, 1.165) is 11.3 Å². The number of ether oxygens (including phenoxy) is 1. The maximum absolute atomic E-state index is 12.1. The fourth-order valence-corrected chi connectivity index (χ4v) is 1.95. The molecule has 0 unspecified atom stereocenters. The van der Waals surface area contributed by atoms with Crippen molar-refractivity contribution in [2.75, 3.05) is 12.4 Å². The number of oxazole rings is 1. The molecule has 6 nitrogen and oxygen atoms in total. The van der Waals surface area contributed by atoms with Crippen LogP contribution < -0.4 is 10.1 Å². The zero-order valence-electron chi connectivity index (χ0n) is 11.8. The number of hydrogen-bond donors (Lipinski definition) is 1. The molecule has 0 spiro atoms. The number of nitrogens with zero attached hydrogens (tertiary/aromatic N) is 2. The summed E-state index contributed by atoms with van der Waals surface area (Å²) in [5, 5.41) is 2.57. The number of hydrogen-bond acceptors (Lipinski definition) is 5. The van der Waals surface area contributed by atoms with Gasteiger partial charge in [-0.25, -0.2) is 4.98 Å². The molecule has 0 atom stereocenters. The van der Waals surface area contributed by atoms with Gasteiger partial charge in [0.2, 0.25) is 0 Å². The molecule has 2 heterocycles. The van der Waals surface area contributed by atoms with Crippen LogP contribution in [0.1, 0.15) is 10.4 Å². The third-order valence-electron chi connectivity index (χ3n) is 3.06. The maximum atomic E-state index is 12.1. The van der Waals surface area contributed by atoms with Crippen molar-refractivity contribution in [1.82, 2.24) is 9.97 Å². The van der Waals surface area contributed by atoms with Crippen molar-refractivity contribution >= 4 is 11.9 Å². The van der Waals surface area contributed by atoms with Gasteiger partial charge in [0.25, 0.3) is 5.91 Å². The summed E-state index contributed by atoms with van der Waals surface area (Å²) in [6, 6.07) is 11.0. The van der Waals surface area contributed by atoms with E-state index in [-0.39, 0.29) is 11.9 Å². The first-order valence-corrected chi connectivity index (χ1v) is 6.57. The second-order valence-electron chi connectivity index (χ2n) is 4.45. The van der Waals surface area contributed by atoms with Gasteiger partial charge in [0.1, 0.15) is 12.0 Å². The van der Waals surface area contributed by atoms with E-state index in [2.05, 4.69) is 15.3 Å². The second-order valence-corrected chi connectivity index (χ2v) is 4.45. The Morgan fingerprint density at radius 1 is 1.14 bits per heavy atom. The monoisotopic (exact) mass is 295 g/mol. The summed E-state index contributed by atoms with van der Waals surface area (Å²) in [5.74, 6) is 0.459. The van der Waals surface area contributed by atoms with E-state index >= 15 is 0 Å². The molecule has 0 saturated heterocycles. The molecule has 3 aromatic rings. The molecule has 0 saturated carbocycles. The lowest BCUT2D eigenvalue weighted by atomic mass is 10.1. The molecule has 110 valence electrons. The molecule has 3 rings (SSSR count). The van der Waals surface area contributed by atoms with Gasteiger partial charge in [-0.2, -0.15) is 0 Å². The fraction of sp³-hybridized carbons (Fsp3) is 0.0625. The molecule has 0 radical (unpaired) electrons. The summed E-state index contributed by atoms with van der Waals surface area (Å²) in [4.78, 5) is 20.3. The van der Waals surface area contributed by atoms with Crippen molar-refractivity contribution < 1.29 is 13.9 Å². The standard InChI is InChI=1S/C16H13N3O3/c1-21-13-4-2-11(3-5-13)14-10-12(6-7-17-14)15(20)19-16-18-8-9-22-16/h2-10H,1H3,(H,18,19,20). The van der Waals surface area contributed by atoms with Crippen molar-refractivity contribution in [1.29, 1.82) is 0 Å². The Morgan fingerprint density at radius 2 is 1.95 bits per heavy atom. The molecular weight excluding hydrogens is 282 g/mol. The van der Waals surface area contributed by atoms with Gasteiger partial charge in [0.05, 0.1) is 19.0 Å². The van der Waals surface area contributed by atoms with Gasteiger partial charge in [-0.3, -0.25) is 15.1 Å². The van der Waals surface area contributed by atoms with Crippen molar-refractivity contribution in [3.63, 3.8) is 0 Å². The van der Waals surface area contributed by atoms with Crippen molar-refractivity contribution in [2.24, 2.45) is 0 Å². The van der Waals surface area contributed by atoms with E-state index in [1.807, 2.05) is 24.3 Å². The summed E-state index contributed by atoms with van der Waals surface area (Å²) in [6.07, 6.45) is 4.44. The lowest BCUT2D eigenvalue weighted by molar-refractivity contribution is 0.102. The Kier molecular flexibility index (Phi) is 3.82. The van der Waals surface area contributed by atoms with E-state index in [1.54, 1.807) is 25.4 Å². The van der Waals surface area contributed by atoms with Crippen LogP contribution in [0.3, 0.4) is 0 Å². The Bertz CT molecular complexity index is 768. The first-order chi connectivity index (χ1) is 10.8. The average molecular weight is 295 g/mol. The van der Waals surface area contributed by atoms with Crippen LogP contribution in [-0.4, -0.2) is 23.0 Å². The number of benzene rings is 1. The number of nitrogens with one attached hydrogen (secondary N) is 1. The second kappa shape index (κ2) is 6.09. The molecule has 1 amide bonds. The molecule has 0 bridgehead atoms. The van der Waals surface area contributed by atoms with Crippen molar-refractivity contribution in [2.45, 2.75) is 0 Å². The molecular formula is C16H13N3O3. The molecule has 0 fully saturated rings. The van der Waals surface area contributed by atoms with Crippen LogP contribution in [-0.2, 0) is 0 Å². The predicted octanol–water partition coefficient (Wildman–Crippen LogP) is 3.00. The average Bonchev–Trinajstić information content (AvgIpc) is 3.08. The van der Waals surface area contributed by atoms with Crippen LogP contribution >= 0.6 is 0 Å². The predicted molar refractivity (Wildman–Crippen MR) is 80.7 cm³/mol. The van der Waals surface area contributed by atoms with Crippen LogP contribution in [0.5, 0.6) is 5.75 Å². The van der Waals surface area contributed by atoms with Crippen LogP contribution in [0.15, 0.2) is 59.5 Å². The van der Waals surface area contributed by atoms with Crippen LogP contribution in [0.2, 0.25) is 0 Å². The Labute approximate surface area is 126 Å². The smallest absolute Gasteiger partial charge is 0.301 e. The van der Waals surface area contributed by atoms with Crippen LogP contribution in [0.25, 0.3) is 11.3 Å². The maximum Gasteiger partial charge on any atom is 0.301 e. The third-order valence-corrected chi connectivity index (χ3v) is 3.06. The highest BCUT2D eigenvalue weighted by Crippen LogP contribution is 2.21. The molecule has 2 aromatic heterocycles. The largest absolute Gasteiger partial charge is 0.497 e. The molecule has 22 heavy (non-hydrogen) atoms. The molecule has 6 heteroatoms. The minimum atomic E-state index is -0.306. The lowest BCUT2D eigenvalue weighted by Gasteiger charge is -2.05. The molecule has 1 N–H and O–H groups in total. The highest BCUT2D eigenvalue weighted by atomic mass is 16.5. The first-order valence-electron chi connectivity index (χ1n) is 6.57. The lowest BCUT2D eigenvalue weighted by Crippen LogP contribution is -2.12. The summed E-state index contributed by atoms with van der Waals surface area (Å²) in [6.45, 7) is 0.